The quantitative estimate of drug-likeness (QED) is 0.912. The van der Waals surface area contributed by atoms with Crippen LogP contribution in [0, 0.1) is 20.8 Å². The molecule has 2 rings (SSSR count). The predicted octanol–water partition coefficient (Wildman–Crippen LogP) is 2.97. The molecule has 0 fully saturated rings. The van der Waals surface area contributed by atoms with Crippen LogP contribution in [0.4, 0.5) is 5.69 Å². The summed E-state index contributed by atoms with van der Waals surface area (Å²) in [7, 11) is -3.68. The van der Waals surface area contributed by atoms with Crippen molar-refractivity contribution in [2.24, 2.45) is 0 Å². The van der Waals surface area contributed by atoms with Crippen LogP contribution < -0.4 is 4.72 Å². The summed E-state index contributed by atoms with van der Waals surface area (Å²) in [5, 5.41) is 11.0. The zero-order valence-electron chi connectivity index (χ0n) is 11.6. The average Bonchev–Trinajstić information content (AvgIpc) is 2.75. The average molecular weight is 311 g/mol. The molecule has 0 radical (unpaired) electrons. The fourth-order valence-electron chi connectivity index (χ4n) is 2.08. The van der Waals surface area contributed by atoms with Crippen molar-refractivity contribution in [3.63, 3.8) is 0 Å². The van der Waals surface area contributed by atoms with E-state index in [9.17, 15) is 13.5 Å². The molecule has 0 bridgehead atoms. The van der Waals surface area contributed by atoms with E-state index >= 15 is 0 Å². The van der Waals surface area contributed by atoms with Crippen molar-refractivity contribution in [3.8, 4) is 0 Å². The van der Waals surface area contributed by atoms with E-state index in [1.807, 2.05) is 26.0 Å². The van der Waals surface area contributed by atoms with Crippen molar-refractivity contribution >= 4 is 27.0 Å². The van der Waals surface area contributed by atoms with Crippen molar-refractivity contribution in [2.45, 2.75) is 32.3 Å². The molecule has 6 heteroatoms. The summed E-state index contributed by atoms with van der Waals surface area (Å²) in [5.41, 5.74) is 3.15. The SMILES string of the molecule is Cc1ccc(NS(=O)(=O)c2c(C)csc2CO)c(C)c1. The first kappa shape index (κ1) is 15.0. The highest BCUT2D eigenvalue weighted by atomic mass is 32.2. The number of aliphatic hydroxyl groups excluding tert-OH is 1. The zero-order chi connectivity index (χ0) is 14.9. The van der Waals surface area contributed by atoms with Gasteiger partial charge in [-0.1, -0.05) is 17.7 Å². The molecule has 0 aliphatic heterocycles. The lowest BCUT2D eigenvalue weighted by molar-refractivity contribution is 0.282. The summed E-state index contributed by atoms with van der Waals surface area (Å²) >= 11 is 1.25. The van der Waals surface area contributed by atoms with E-state index in [4.69, 9.17) is 0 Å². The second-order valence-corrected chi connectivity index (χ2v) is 7.34. The van der Waals surface area contributed by atoms with Crippen molar-refractivity contribution in [2.75, 3.05) is 4.72 Å². The molecular weight excluding hydrogens is 294 g/mol. The molecule has 0 atom stereocenters. The van der Waals surface area contributed by atoms with Crippen molar-refractivity contribution in [3.05, 3.63) is 45.1 Å². The van der Waals surface area contributed by atoms with Crippen LogP contribution in [-0.2, 0) is 16.6 Å². The summed E-state index contributed by atoms with van der Waals surface area (Å²) in [5.74, 6) is 0. The molecule has 0 saturated heterocycles. The number of aryl methyl sites for hydroxylation is 3. The van der Waals surface area contributed by atoms with Gasteiger partial charge in [-0.2, -0.15) is 0 Å². The molecule has 2 N–H and O–H groups in total. The Morgan fingerprint density at radius 2 is 1.90 bits per heavy atom. The van der Waals surface area contributed by atoms with Gasteiger partial charge in [-0.15, -0.1) is 11.3 Å². The molecule has 0 amide bonds. The van der Waals surface area contributed by atoms with Gasteiger partial charge in [0.05, 0.1) is 17.2 Å². The Morgan fingerprint density at radius 3 is 2.50 bits per heavy atom. The van der Waals surface area contributed by atoms with Crippen LogP contribution in [0.1, 0.15) is 21.6 Å². The van der Waals surface area contributed by atoms with E-state index in [0.29, 0.717) is 16.1 Å². The Bertz CT molecular complexity index is 733. The Kier molecular flexibility index (Phi) is 4.17. The molecule has 0 saturated carbocycles. The molecule has 0 aliphatic carbocycles. The number of sulfonamides is 1. The number of hydrogen-bond donors (Lipinski definition) is 2. The maximum Gasteiger partial charge on any atom is 0.263 e. The van der Waals surface area contributed by atoms with Crippen LogP contribution in [0.3, 0.4) is 0 Å². The third kappa shape index (κ3) is 2.87. The Labute approximate surface area is 123 Å². The van der Waals surface area contributed by atoms with Crippen LogP contribution in [0.2, 0.25) is 0 Å². The molecule has 1 heterocycles. The van der Waals surface area contributed by atoms with Gasteiger partial charge in [0.1, 0.15) is 4.90 Å². The number of hydrogen-bond acceptors (Lipinski definition) is 4. The largest absolute Gasteiger partial charge is 0.391 e. The van der Waals surface area contributed by atoms with Gasteiger partial charge in [-0.05, 0) is 43.3 Å². The molecular formula is C14H17NO3S2. The molecule has 0 aliphatic rings. The van der Waals surface area contributed by atoms with E-state index in [0.717, 1.165) is 11.1 Å². The number of benzene rings is 1. The second-order valence-electron chi connectivity index (χ2n) is 4.75. The van der Waals surface area contributed by atoms with E-state index in [-0.39, 0.29) is 11.5 Å². The van der Waals surface area contributed by atoms with E-state index in [1.165, 1.54) is 11.3 Å². The fourth-order valence-corrected chi connectivity index (χ4v) is 4.88. The van der Waals surface area contributed by atoms with E-state index in [1.54, 1.807) is 18.4 Å². The molecule has 1 aromatic heterocycles. The first-order chi connectivity index (χ1) is 9.35. The number of nitrogens with one attached hydrogen (secondary N) is 1. The van der Waals surface area contributed by atoms with Gasteiger partial charge in [0.15, 0.2) is 0 Å². The van der Waals surface area contributed by atoms with Gasteiger partial charge >= 0.3 is 0 Å². The minimum Gasteiger partial charge on any atom is -0.391 e. The first-order valence-electron chi connectivity index (χ1n) is 6.13. The Morgan fingerprint density at radius 1 is 1.20 bits per heavy atom. The topological polar surface area (TPSA) is 66.4 Å². The van der Waals surface area contributed by atoms with Crippen molar-refractivity contribution in [1.29, 1.82) is 0 Å². The Balaban J connectivity index is 2.43. The maximum atomic E-state index is 12.5. The first-order valence-corrected chi connectivity index (χ1v) is 8.49. The third-order valence-electron chi connectivity index (χ3n) is 3.03. The van der Waals surface area contributed by atoms with Gasteiger partial charge in [-0.3, -0.25) is 4.72 Å². The van der Waals surface area contributed by atoms with Crippen LogP contribution >= 0.6 is 11.3 Å². The summed E-state index contributed by atoms with van der Waals surface area (Å²) in [6.07, 6.45) is 0. The van der Waals surface area contributed by atoms with E-state index < -0.39 is 10.0 Å². The predicted molar refractivity (Wildman–Crippen MR) is 81.7 cm³/mol. The van der Waals surface area contributed by atoms with Crippen LogP contribution in [0.5, 0.6) is 0 Å². The second kappa shape index (κ2) is 5.55. The monoisotopic (exact) mass is 311 g/mol. The van der Waals surface area contributed by atoms with Crippen LogP contribution in [0.15, 0.2) is 28.5 Å². The maximum absolute atomic E-state index is 12.5. The normalized spacial score (nSPS) is 11.6. The summed E-state index contributed by atoms with van der Waals surface area (Å²) in [6, 6.07) is 5.53. The number of aliphatic hydroxyl groups is 1. The van der Waals surface area contributed by atoms with Crippen LogP contribution in [0.25, 0.3) is 0 Å². The van der Waals surface area contributed by atoms with Gasteiger partial charge in [0.25, 0.3) is 10.0 Å². The molecule has 108 valence electrons. The number of anilines is 1. The van der Waals surface area contributed by atoms with Gasteiger partial charge in [0.2, 0.25) is 0 Å². The van der Waals surface area contributed by atoms with E-state index in [2.05, 4.69) is 4.72 Å². The standard InChI is InChI=1S/C14H17NO3S2/c1-9-4-5-12(10(2)6-9)15-20(17,18)14-11(3)8-19-13(14)7-16/h4-6,8,15-16H,7H2,1-3H3. The lowest BCUT2D eigenvalue weighted by atomic mass is 10.1. The molecule has 20 heavy (non-hydrogen) atoms. The minimum atomic E-state index is -3.68. The number of rotatable bonds is 4. The molecule has 4 nitrogen and oxygen atoms in total. The minimum absolute atomic E-state index is 0.185. The fraction of sp³-hybridized carbons (Fsp3) is 0.286. The summed E-state index contributed by atoms with van der Waals surface area (Å²) in [4.78, 5) is 0.643. The van der Waals surface area contributed by atoms with Crippen LogP contribution in [-0.4, -0.2) is 13.5 Å². The summed E-state index contributed by atoms with van der Waals surface area (Å²) in [6.45, 7) is 5.27. The Hall–Kier alpha value is -1.37. The lowest BCUT2D eigenvalue weighted by Gasteiger charge is -2.12. The highest BCUT2D eigenvalue weighted by Crippen LogP contribution is 2.29. The van der Waals surface area contributed by atoms with Gasteiger partial charge < -0.3 is 5.11 Å². The molecule has 1 aromatic carbocycles. The highest BCUT2D eigenvalue weighted by Gasteiger charge is 2.23. The van der Waals surface area contributed by atoms with Gasteiger partial charge in [-0.25, -0.2) is 8.42 Å². The smallest absolute Gasteiger partial charge is 0.263 e. The third-order valence-corrected chi connectivity index (χ3v) is 5.84. The highest BCUT2D eigenvalue weighted by molar-refractivity contribution is 7.93. The lowest BCUT2D eigenvalue weighted by Crippen LogP contribution is -2.15. The van der Waals surface area contributed by atoms with Crippen molar-refractivity contribution in [1.82, 2.24) is 0 Å². The number of thiophene rings is 1. The molecule has 0 spiro atoms. The van der Waals surface area contributed by atoms with Gasteiger partial charge in [0, 0.05) is 0 Å². The summed E-state index contributed by atoms with van der Waals surface area (Å²) < 4.78 is 27.6. The molecule has 0 unspecified atom stereocenters. The zero-order valence-corrected chi connectivity index (χ0v) is 13.2. The molecule has 2 aromatic rings. The van der Waals surface area contributed by atoms with Crippen molar-refractivity contribution < 1.29 is 13.5 Å².